The second-order valence-electron chi connectivity index (χ2n) is 5.48. The molecular formula is C19H16N2O4. The molecule has 25 heavy (non-hydrogen) atoms. The predicted octanol–water partition coefficient (Wildman–Crippen LogP) is 4.05. The maximum absolute atomic E-state index is 12.4. The van der Waals surface area contributed by atoms with Gasteiger partial charge in [-0.25, -0.2) is 0 Å². The van der Waals surface area contributed by atoms with Gasteiger partial charge in [-0.1, -0.05) is 18.2 Å². The van der Waals surface area contributed by atoms with Crippen molar-refractivity contribution in [2.75, 3.05) is 23.8 Å². The van der Waals surface area contributed by atoms with Gasteiger partial charge in [0.25, 0.3) is 5.91 Å². The molecule has 1 aliphatic heterocycles. The Kier molecular flexibility index (Phi) is 4.00. The number of amides is 1. The Hall–Kier alpha value is -3.41. The van der Waals surface area contributed by atoms with Gasteiger partial charge < -0.3 is 24.5 Å². The number of fused-ring (bicyclic) bond motifs is 1. The van der Waals surface area contributed by atoms with Crippen LogP contribution in [0, 0.1) is 0 Å². The molecule has 0 spiro atoms. The van der Waals surface area contributed by atoms with Crippen LogP contribution < -0.4 is 20.1 Å². The Morgan fingerprint density at radius 2 is 1.52 bits per heavy atom. The average Bonchev–Trinajstić information content (AvgIpc) is 3.08. The third-order valence-corrected chi connectivity index (χ3v) is 3.71. The zero-order chi connectivity index (χ0) is 17.1. The van der Waals surface area contributed by atoms with Crippen molar-refractivity contribution >= 4 is 23.0 Å². The van der Waals surface area contributed by atoms with E-state index in [-0.39, 0.29) is 11.7 Å². The van der Waals surface area contributed by atoms with Crippen LogP contribution >= 0.6 is 0 Å². The van der Waals surface area contributed by atoms with E-state index in [0.717, 1.165) is 11.4 Å². The van der Waals surface area contributed by atoms with Crippen LogP contribution in [0.1, 0.15) is 10.6 Å². The Morgan fingerprint density at radius 1 is 0.840 bits per heavy atom. The van der Waals surface area contributed by atoms with Gasteiger partial charge in [-0.05, 0) is 36.4 Å². The quantitative estimate of drug-likeness (QED) is 0.752. The zero-order valence-electron chi connectivity index (χ0n) is 13.3. The summed E-state index contributed by atoms with van der Waals surface area (Å²) in [7, 11) is 0. The van der Waals surface area contributed by atoms with Crippen LogP contribution in [-0.2, 0) is 0 Å². The Labute approximate surface area is 144 Å². The van der Waals surface area contributed by atoms with E-state index in [1.165, 1.54) is 6.26 Å². The highest BCUT2D eigenvalue weighted by molar-refractivity contribution is 6.04. The third kappa shape index (κ3) is 3.28. The van der Waals surface area contributed by atoms with Gasteiger partial charge >= 0.3 is 0 Å². The molecule has 0 atom stereocenters. The van der Waals surface area contributed by atoms with Crippen molar-refractivity contribution in [3.8, 4) is 11.5 Å². The number of carbonyl (C=O) groups is 1. The number of ether oxygens (including phenoxy) is 2. The van der Waals surface area contributed by atoms with E-state index in [4.69, 9.17) is 13.9 Å². The van der Waals surface area contributed by atoms with Gasteiger partial charge in [-0.2, -0.15) is 0 Å². The summed E-state index contributed by atoms with van der Waals surface area (Å²) in [6, 6.07) is 17.3. The third-order valence-electron chi connectivity index (χ3n) is 3.71. The van der Waals surface area contributed by atoms with Gasteiger partial charge in [0, 0.05) is 17.1 Å². The number of anilines is 3. The van der Waals surface area contributed by atoms with E-state index in [0.29, 0.717) is 30.4 Å². The van der Waals surface area contributed by atoms with Gasteiger partial charge in [-0.3, -0.25) is 4.79 Å². The molecule has 1 aromatic heterocycles. The van der Waals surface area contributed by atoms with Crippen molar-refractivity contribution < 1.29 is 18.7 Å². The van der Waals surface area contributed by atoms with Crippen LogP contribution in [0.2, 0.25) is 0 Å². The molecule has 0 bridgehead atoms. The van der Waals surface area contributed by atoms with E-state index in [1.807, 2.05) is 54.6 Å². The first-order chi connectivity index (χ1) is 12.3. The summed E-state index contributed by atoms with van der Waals surface area (Å²) in [6.07, 6.45) is 1.39. The van der Waals surface area contributed by atoms with Crippen molar-refractivity contribution in [1.82, 2.24) is 0 Å². The standard InChI is InChI=1S/C19H16N2O4/c22-19(18-17-16(12-25-18)23-10-11-24-17)21-15-8-6-14(7-9-15)20-13-4-2-1-3-5-13/h1-9,12,20H,10-11H2,(H,21,22). The van der Waals surface area contributed by atoms with E-state index in [1.54, 1.807) is 0 Å². The monoisotopic (exact) mass is 336 g/mol. The number of nitrogens with one attached hydrogen (secondary N) is 2. The van der Waals surface area contributed by atoms with Crippen molar-refractivity contribution in [2.24, 2.45) is 0 Å². The normalized spacial score (nSPS) is 12.5. The second kappa shape index (κ2) is 6.60. The summed E-state index contributed by atoms with van der Waals surface area (Å²) < 4.78 is 16.1. The lowest BCUT2D eigenvalue weighted by atomic mass is 10.2. The molecule has 4 rings (SSSR count). The molecule has 0 fully saturated rings. The fourth-order valence-electron chi connectivity index (χ4n) is 2.53. The molecule has 2 heterocycles. The molecule has 2 aromatic carbocycles. The first-order valence-electron chi connectivity index (χ1n) is 7.90. The van der Waals surface area contributed by atoms with Crippen molar-refractivity contribution in [3.05, 3.63) is 66.6 Å². The van der Waals surface area contributed by atoms with E-state index < -0.39 is 0 Å². The topological polar surface area (TPSA) is 72.7 Å². The SMILES string of the molecule is O=C(Nc1ccc(Nc2ccccc2)cc1)c1occ2c1OCCO2. The maximum atomic E-state index is 12.4. The Morgan fingerprint density at radius 3 is 2.32 bits per heavy atom. The molecule has 6 heteroatoms. The van der Waals surface area contributed by atoms with Crippen LogP contribution in [0.15, 0.2) is 65.3 Å². The zero-order valence-corrected chi connectivity index (χ0v) is 13.3. The van der Waals surface area contributed by atoms with Crippen LogP contribution in [0.25, 0.3) is 0 Å². The number of para-hydroxylation sites is 1. The molecule has 0 saturated heterocycles. The van der Waals surface area contributed by atoms with Crippen molar-refractivity contribution in [3.63, 3.8) is 0 Å². The second-order valence-corrected chi connectivity index (χ2v) is 5.48. The highest BCUT2D eigenvalue weighted by Gasteiger charge is 2.25. The lowest BCUT2D eigenvalue weighted by Crippen LogP contribution is -2.18. The van der Waals surface area contributed by atoms with Crippen LogP contribution in [0.5, 0.6) is 11.5 Å². The van der Waals surface area contributed by atoms with E-state index in [2.05, 4.69) is 10.6 Å². The maximum Gasteiger partial charge on any atom is 0.295 e. The summed E-state index contributed by atoms with van der Waals surface area (Å²) in [5.41, 5.74) is 2.58. The van der Waals surface area contributed by atoms with Crippen LogP contribution in [-0.4, -0.2) is 19.1 Å². The molecule has 0 saturated carbocycles. The number of rotatable bonds is 4. The van der Waals surface area contributed by atoms with Gasteiger partial charge in [-0.15, -0.1) is 0 Å². The number of hydrogen-bond acceptors (Lipinski definition) is 5. The summed E-state index contributed by atoms with van der Waals surface area (Å²) >= 11 is 0. The van der Waals surface area contributed by atoms with Crippen molar-refractivity contribution in [2.45, 2.75) is 0 Å². The number of benzene rings is 2. The molecule has 0 unspecified atom stereocenters. The van der Waals surface area contributed by atoms with E-state index >= 15 is 0 Å². The highest BCUT2D eigenvalue weighted by atomic mass is 16.6. The molecule has 0 aliphatic carbocycles. The number of furan rings is 1. The molecule has 126 valence electrons. The predicted molar refractivity (Wildman–Crippen MR) is 93.8 cm³/mol. The molecule has 3 aromatic rings. The van der Waals surface area contributed by atoms with Crippen LogP contribution in [0.3, 0.4) is 0 Å². The van der Waals surface area contributed by atoms with E-state index in [9.17, 15) is 4.79 Å². The minimum absolute atomic E-state index is 0.112. The Bertz CT molecular complexity index is 872. The summed E-state index contributed by atoms with van der Waals surface area (Å²) in [5.74, 6) is 0.543. The highest BCUT2D eigenvalue weighted by Crippen LogP contribution is 2.36. The molecule has 1 aliphatic rings. The minimum atomic E-state index is -0.379. The van der Waals surface area contributed by atoms with Crippen LogP contribution in [0.4, 0.5) is 17.1 Å². The number of carbonyl (C=O) groups excluding carboxylic acids is 1. The molecule has 2 N–H and O–H groups in total. The first-order valence-corrected chi connectivity index (χ1v) is 7.90. The molecule has 0 radical (unpaired) electrons. The summed E-state index contributed by atoms with van der Waals surface area (Å²) in [4.78, 5) is 12.4. The fourth-order valence-corrected chi connectivity index (χ4v) is 2.53. The van der Waals surface area contributed by atoms with Gasteiger partial charge in [0.1, 0.15) is 19.5 Å². The lowest BCUT2D eigenvalue weighted by molar-refractivity contribution is 0.0987. The van der Waals surface area contributed by atoms with Gasteiger partial charge in [0.05, 0.1) is 0 Å². The largest absolute Gasteiger partial charge is 0.483 e. The van der Waals surface area contributed by atoms with Gasteiger partial charge in [0.15, 0.2) is 0 Å². The van der Waals surface area contributed by atoms with Crippen molar-refractivity contribution in [1.29, 1.82) is 0 Å². The average molecular weight is 336 g/mol. The molecular weight excluding hydrogens is 320 g/mol. The first kappa shape index (κ1) is 15.1. The molecule has 1 amide bonds. The minimum Gasteiger partial charge on any atom is -0.483 e. The van der Waals surface area contributed by atoms with Gasteiger partial charge in [0.2, 0.25) is 17.3 Å². The molecule has 6 nitrogen and oxygen atoms in total. The Balaban J connectivity index is 1.44. The fraction of sp³-hybridized carbons (Fsp3) is 0.105. The summed E-state index contributed by atoms with van der Waals surface area (Å²) in [6.45, 7) is 0.843. The summed E-state index contributed by atoms with van der Waals surface area (Å²) in [5, 5.41) is 6.07. The smallest absolute Gasteiger partial charge is 0.295 e. The number of hydrogen-bond donors (Lipinski definition) is 2. The lowest BCUT2D eigenvalue weighted by Gasteiger charge is -2.14.